The second-order valence-corrected chi connectivity index (χ2v) is 4.62. The van der Waals surface area contributed by atoms with Gasteiger partial charge in [0.25, 0.3) is 5.91 Å². The predicted octanol–water partition coefficient (Wildman–Crippen LogP) is 1.34. The third-order valence-electron chi connectivity index (χ3n) is 3.17. The Bertz CT molecular complexity index is 653. The molecule has 0 bridgehead atoms. The maximum Gasteiger partial charge on any atom is 0.253 e. The van der Waals surface area contributed by atoms with Gasteiger partial charge in [-0.1, -0.05) is 13.0 Å². The molecule has 1 aromatic carbocycles. The van der Waals surface area contributed by atoms with Crippen molar-refractivity contribution in [3.05, 3.63) is 47.0 Å². The molecule has 7 heteroatoms. The van der Waals surface area contributed by atoms with Crippen LogP contribution in [0.25, 0.3) is 0 Å². The van der Waals surface area contributed by atoms with E-state index in [2.05, 4.69) is 15.8 Å². The molecule has 0 aliphatic carbocycles. The highest BCUT2D eigenvalue weighted by atomic mass is 19.1. The van der Waals surface area contributed by atoms with E-state index in [1.165, 1.54) is 18.2 Å². The summed E-state index contributed by atoms with van der Waals surface area (Å²) in [6.07, 6.45) is 2.63. The summed E-state index contributed by atoms with van der Waals surface area (Å²) in [6.45, 7) is 2.33. The fourth-order valence-electron chi connectivity index (χ4n) is 2.16. The van der Waals surface area contributed by atoms with E-state index in [4.69, 9.17) is 5.84 Å². The predicted molar refractivity (Wildman–Crippen MR) is 78.0 cm³/mol. The lowest BCUT2D eigenvalue weighted by Gasteiger charge is -2.10. The largest absolute Gasteiger partial charge is 0.348 e. The zero-order valence-corrected chi connectivity index (χ0v) is 12.0. The van der Waals surface area contributed by atoms with E-state index in [9.17, 15) is 9.18 Å². The van der Waals surface area contributed by atoms with Crippen molar-refractivity contribution in [2.45, 2.75) is 19.9 Å². The first-order chi connectivity index (χ1) is 10.1. The van der Waals surface area contributed by atoms with Gasteiger partial charge in [0.1, 0.15) is 5.82 Å². The van der Waals surface area contributed by atoms with Crippen LogP contribution in [0.4, 0.5) is 10.1 Å². The fourth-order valence-corrected chi connectivity index (χ4v) is 2.16. The Balaban J connectivity index is 2.13. The average Bonchev–Trinajstić information content (AvgIpc) is 2.84. The monoisotopic (exact) mass is 291 g/mol. The number of hydrogen-bond donors (Lipinski definition) is 3. The molecule has 21 heavy (non-hydrogen) atoms. The number of aromatic nitrogens is 2. The molecule has 0 unspecified atom stereocenters. The molecule has 0 aliphatic rings. The summed E-state index contributed by atoms with van der Waals surface area (Å²) in [4.78, 5) is 12.2. The smallest absolute Gasteiger partial charge is 0.253 e. The maximum absolute atomic E-state index is 13.6. The van der Waals surface area contributed by atoms with Gasteiger partial charge in [0, 0.05) is 25.4 Å². The zero-order chi connectivity index (χ0) is 15.4. The minimum Gasteiger partial charge on any atom is -0.348 e. The van der Waals surface area contributed by atoms with Crippen LogP contribution in [0.5, 0.6) is 0 Å². The Morgan fingerprint density at radius 3 is 2.90 bits per heavy atom. The number of halogens is 1. The SMILES string of the molecule is CCc1nn(C)cc1CNC(=O)c1cccc(F)c1NN. The van der Waals surface area contributed by atoms with E-state index in [0.29, 0.717) is 6.54 Å². The van der Waals surface area contributed by atoms with E-state index in [1.807, 2.05) is 20.2 Å². The summed E-state index contributed by atoms with van der Waals surface area (Å²) < 4.78 is 15.3. The van der Waals surface area contributed by atoms with Crippen molar-refractivity contribution in [2.75, 3.05) is 5.43 Å². The molecule has 0 saturated heterocycles. The molecule has 1 amide bonds. The van der Waals surface area contributed by atoms with Crippen LogP contribution in [0.1, 0.15) is 28.5 Å². The van der Waals surface area contributed by atoms with Gasteiger partial charge in [-0.15, -0.1) is 0 Å². The second-order valence-electron chi connectivity index (χ2n) is 4.62. The highest BCUT2D eigenvalue weighted by Crippen LogP contribution is 2.18. The normalized spacial score (nSPS) is 10.5. The standard InChI is InChI=1S/C14H18FN5O/c1-3-12-9(8-20(2)19-12)7-17-14(21)10-5-4-6-11(15)13(10)18-16/h4-6,8,18H,3,7,16H2,1-2H3,(H,17,21). The van der Waals surface area contributed by atoms with Crippen LogP contribution in [0.3, 0.4) is 0 Å². The molecule has 0 radical (unpaired) electrons. The third-order valence-corrected chi connectivity index (χ3v) is 3.17. The van der Waals surface area contributed by atoms with Gasteiger partial charge in [-0.25, -0.2) is 4.39 Å². The quantitative estimate of drug-likeness (QED) is 0.573. The van der Waals surface area contributed by atoms with Crippen LogP contribution in [0.2, 0.25) is 0 Å². The molecule has 0 spiro atoms. The van der Waals surface area contributed by atoms with E-state index in [0.717, 1.165) is 17.7 Å². The number of carbonyl (C=O) groups is 1. The van der Waals surface area contributed by atoms with E-state index in [1.54, 1.807) is 4.68 Å². The van der Waals surface area contributed by atoms with Crippen molar-refractivity contribution in [2.24, 2.45) is 12.9 Å². The second kappa shape index (κ2) is 6.36. The molecule has 1 aromatic heterocycles. The highest BCUT2D eigenvalue weighted by Gasteiger charge is 2.15. The summed E-state index contributed by atoms with van der Waals surface area (Å²) in [6, 6.07) is 4.21. The number of hydrogen-bond acceptors (Lipinski definition) is 4. The van der Waals surface area contributed by atoms with Crippen molar-refractivity contribution < 1.29 is 9.18 Å². The number of nitrogens with zero attached hydrogens (tertiary/aromatic N) is 2. The van der Waals surface area contributed by atoms with Crippen LogP contribution >= 0.6 is 0 Å². The first kappa shape index (κ1) is 15.0. The molecular weight excluding hydrogens is 273 g/mol. The van der Waals surface area contributed by atoms with Crippen LogP contribution in [0.15, 0.2) is 24.4 Å². The Kier molecular flexibility index (Phi) is 4.54. The van der Waals surface area contributed by atoms with Gasteiger partial charge in [-0.3, -0.25) is 15.3 Å². The number of benzene rings is 1. The lowest BCUT2D eigenvalue weighted by Crippen LogP contribution is -2.25. The van der Waals surface area contributed by atoms with Crippen molar-refractivity contribution in [3.8, 4) is 0 Å². The summed E-state index contributed by atoms with van der Waals surface area (Å²) in [5.74, 6) is 4.30. The number of rotatable bonds is 5. The molecule has 2 rings (SSSR count). The average molecular weight is 291 g/mol. The summed E-state index contributed by atoms with van der Waals surface area (Å²) in [7, 11) is 1.83. The van der Waals surface area contributed by atoms with Crippen LogP contribution < -0.4 is 16.6 Å². The number of anilines is 1. The number of amides is 1. The Morgan fingerprint density at radius 1 is 1.48 bits per heavy atom. The zero-order valence-electron chi connectivity index (χ0n) is 12.0. The molecule has 1 heterocycles. The molecule has 4 N–H and O–H groups in total. The minimum atomic E-state index is -0.569. The Morgan fingerprint density at radius 2 is 2.24 bits per heavy atom. The van der Waals surface area contributed by atoms with Crippen molar-refractivity contribution in [1.29, 1.82) is 0 Å². The number of para-hydroxylation sites is 1. The fraction of sp³-hybridized carbons (Fsp3) is 0.286. The lowest BCUT2D eigenvalue weighted by molar-refractivity contribution is 0.0951. The van der Waals surface area contributed by atoms with Gasteiger partial charge in [-0.2, -0.15) is 5.10 Å². The Hall–Kier alpha value is -2.41. The molecule has 2 aromatic rings. The first-order valence-corrected chi connectivity index (χ1v) is 6.61. The van der Waals surface area contributed by atoms with Crippen LogP contribution in [-0.2, 0) is 20.0 Å². The van der Waals surface area contributed by atoms with E-state index < -0.39 is 11.7 Å². The molecule has 0 atom stereocenters. The molecular formula is C14H18FN5O. The third kappa shape index (κ3) is 3.19. The molecule has 0 aliphatic heterocycles. The maximum atomic E-state index is 13.6. The number of hydrazine groups is 1. The molecule has 112 valence electrons. The molecule has 0 saturated carbocycles. The number of nitrogens with one attached hydrogen (secondary N) is 2. The van der Waals surface area contributed by atoms with Gasteiger partial charge in [-0.05, 0) is 18.6 Å². The van der Waals surface area contributed by atoms with Gasteiger partial charge in [0.15, 0.2) is 0 Å². The summed E-state index contributed by atoms with van der Waals surface area (Å²) >= 11 is 0. The van der Waals surface area contributed by atoms with Crippen LogP contribution in [0, 0.1) is 5.82 Å². The minimum absolute atomic E-state index is 0.0168. The van der Waals surface area contributed by atoms with E-state index >= 15 is 0 Å². The highest BCUT2D eigenvalue weighted by molar-refractivity contribution is 5.99. The number of carbonyl (C=O) groups excluding carboxylic acids is 1. The van der Waals surface area contributed by atoms with E-state index in [-0.39, 0.29) is 11.3 Å². The van der Waals surface area contributed by atoms with Crippen molar-refractivity contribution in [1.82, 2.24) is 15.1 Å². The Labute approximate surface area is 122 Å². The van der Waals surface area contributed by atoms with Gasteiger partial charge in [0.2, 0.25) is 0 Å². The van der Waals surface area contributed by atoms with Crippen LogP contribution in [-0.4, -0.2) is 15.7 Å². The van der Waals surface area contributed by atoms with Gasteiger partial charge < -0.3 is 10.7 Å². The number of nitrogen functional groups attached to an aromatic ring is 1. The first-order valence-electron chi connectivity index (χ1n) is 6.61. The van der Waals surface area contributed by atoms with Gasteiger partial charge >= 0.3 is 0 Å². The number of nitrogens with two attached hydrogens (primary N) is 1. The molecule has 6 nitrogen and oxygen atoms in total. The summed E-state index contributed by atoms with van der Waals surface area (Å²) in [5, 5.41) is 7.05. The summed E-state index contributed by atoms with van der Waals surface area (Å²) in [5.41, 5.74) is 4.23. The molecule has 0 fully saturated rings. The lowest BCUT2D eigenvalue weighted by atomic mass is 10.1. The number of aryl methyl sites for hydroxylation is 2. The van der Waals surface area contributed by atoms with Crippen molar-refractivity contribution >= 4 is 11.6 Å². The van der Waals surface area contributed by atoms with Crippen molar-refractivity contribution in [3.63, 3.8) is 0 Å². The van der Waals surface area contributed by atoms with Gasteiger partial charge in [0.05, 0.1) is 16.9 Å². The topological polar surface area (TPSA) is 85.0 Å².